The Bertz CT molecular complexity index is 846. The van der Waals surface area contributed by atoms with Gasteiger partial charge >= 0.3 is 0 Å². The van der Waals surface area contributed by atoms with Crippen molar-refractivity contribution in [1.29, 1.82) is 0 Å². The van der Waals surface area contributed by atoms with Crippen LogP contribution in [-0.4, -0.2) is 29.2 Å². The molecule has 0 aliphatic carbocycles. The third-order valence-corrected chi connectivity index (χ3v) is 3.75. The van der Waals surface area contributed by atoms with Crippen LogP contribution in [0.15, 0.2) is 59.1 Å². The highest BCUT2D eigenvalue weighted by molar-refractivity contribution is 5.75. The minimum atomic E-state index is -0.0700. The summed E-state index contributed by atoms with van der Waals surface area (Å²) in [4.78, 5) is 16.2. The second kappa shape index (κ2) is 8.80. The van der Waals surface area contributed by atoms with Crippen LogP contribution in [0.3, 0.4) is 0 Å². The van der Waals surface area contributed by atoms with E-state index in [4.69, 9.17) is 9.26 Å². The molecule has 1 heterocycles. The van der Waals surface area contributed by atoms with Crippen LogP contribution >= 0.6 is 0 Å². The number of nitrogens with one attached hydrogen (secondary N) is 1. The van der Waals surface area contributed by atoms with Gasteiger partial charge in [-0.3, -0.25) is 4.79 Å². The third kappa shape index (κ3) is 5.17. The number of hydrogen-bond donors (Lipinski definition) is 1. The standard InChI is InChI=1S/C20H21N3O3/c1-15-6-5-7-16(14-15)20-22-19(26-23-20)10-12-21-18(24)11-13-25-17-8-3-2-4-9-17/h2-9,14H,10-13H2,1H3,(H,21,24). The molecule has 1 N–H and O–H groups in total. The van der Waals surface area contributed by atoms with Gasteiger partial charge in [0.1, 0.15) is 5.75 Å². The molecule has 0 saturated carbocycles. The van der Waals surface area contributed by atoms with E-state index < -0.39 is 0 Å². The van der Waals surface area contributed by atoms with Crippen LogP contribution in [0.2, 0.25) is 0 Å². The van der Waals surface area contributed by atoms with Gasteiger partial charge in [0.05, 0.1) is 13.0 Å². The molecule has 6 heteroatoms. The van der Waals surface area contributed by atoms with Crippen molar-refractivity contribution < 1.29 is 14.1 Å². The van der Waals surface area contributed by atoms with Crippen LogP contribution in [-0.2, 0) is 11.2 Å². The molecule has 1 aromatic heterocycles. The first-order valence-electron chi connectivity index (χ1n) is 8.55. The van der Waals surface area contributed by atoms with E-state index >= 15 is 0 Å². The van der Waals surface area contributed by atoms with Gasteiger partial charge in [0.15, 0.2) is 0 Å². The summed E-state index contributed by atoms with van der Waals surface area (Å²) in [5, 5.41) is 6.82. The Labute approximate surface area is 152 Å². The van der Waals surface area contributed by atoms with Gasteiger partial charge in [0.2, 0.25) is 17.6 Å². The second-order valence-corrected chi connectivity index (χ2v) is 5.89. The van der Waals surface area contributed by atoms with Crippen LogP contribution < -0.4 is 10.1 Å². The van der Waals surface area contributed by atoms with E-state index in [1.807, 2.05) is 61.5 Å². The van der Waals surface area contributed by atoms with Gasteiger partial charge in [0.25, 0.3) is 0 Å². The molecular weight excluding hydrogens is 330 g/mol. The van der Waals surface area contributed by atoms with Gasteiger partial charge in [-0.1, -0.05) is 47.1 Å². The molecule has 0 saturated heterocycles. The molecule has 3 rings (SSSR count). The SMILES string of the molecule is Cc1cccc(-c2noc(CCNC(=O)CCOc3ccccc3)n2)c1. The fourth-order valence-corrected chi connectivity index (χ4v) is 2.43. The largest absolute Gasteiger partial charge is 0.493 e. The minimum Gasteiger partial charge on any atom is -0.493 e. The van der Waals surface area contributed by atoms with Crippen LogP contribution in [0, 0.1) is 6.92 Å². The number of aryl methyl sites for hydroxylation is 1. The van der Waals surface area contributed by atoms with Gasteiger partial charge in [-0.15, -0.1) is 0 Å². The number of carbonyl (C=O) groups excluding carboxylic acids is 1. The molecule has 6 nitrogen and oxygen atoms in total. The van der Waals surface area contributed by atoms with E-state index in [1.165, 1.54) is 0 Å². The quantitative estimate of drug-likeness (QED) is 0.674. The lowest BCUT2D eigenvalue weighted by Gasteiger charge is -2.06. The lowest BCUT2D eigenvalue weighted by molar-refractivity contribution is -0.121. The summed E-state index contributed by atoms with van der Waals surface area (Å²) in [6.07, 6.45) is 0.789. The summed E-state index contributed by atoms with van der Waals surface area (Å²) in [7, 11) is 0. The van der Waals surface area contributed by atoms with Crippen molar-refractivity contribution in [2.75, 3.05) is 13.2 Å². The Morgan fingerprint density at radius 2 is 2.00 bits per heavy atom. The van der Waals surface area contributed by atoms with Crippen molar-refractivity contribution in [2.45, 2.75) is 19.8 Å². The fraction of sp³-hybridized carbons (Fsp3) is 0.250. The highest BCUT2D eigenvalue weighted by atomic mass is 16.5. The number of hydrogen-bond acceptors (Lipinski definition) is 5. The Morgan fingerprint density at radius 3 is 2.81 bits per heavy atom. The van der Waals surface area contributed by atoms with Gasteiger partial charge in [-0.2, -0.15) is 4.98 Å². The summed E-state index contributed by atoms with van der Waals surface area (Å²) in [6, 6.07) is 17.3. The molecule has 0 atom stereocenters. The van der Waals surface area contributed by atoms with E-state index in [9.17, 15) is 4.79 Å². The monoisotopic (exact) mass is 351 g/mol. The maximum absolute atomic E-state index is 11.8. The molecule has 1 amide bonds. The van der Waals surface area contributed by atoms with Crippen molar-refractivity contribution in [3.63, 3.8) is 0 Å². The van der Waals surface area contributed by atoms with E-state index in [0.29, 0.717) is 37.7 Å². The van der Waals surface area contributed by atoms with E-state index in [1.54, 1.807) is 0 Å². The third-order valence-electron chi connectivity index (χ3n) is 3.75. The molecule has 2 aromatic carbocycles. The molecule has 134 valence electrons. The molecule has 0 aliphatic rings. The number of benzene rings is 2. The summed E-state index contributed by atoms with van der Waals surface area (Å²) >= 11 is 0. The lowest BCUT2D eigenvalue weighted by atomic mass is 10.1. The van der Waals surface area contributed by atoms with E-state index in [2.05, 4.69) is 15.5 Å². The highest BCUT2D eigenvalue weighted by Crippen LogP contribution is 2.17. The molecule has 0 spiro atoms. The van der Waals surface area contributed by atoms with Crippen LogP contribution in [0.1, 0.15) is 17.9 Å². The summed E-state index contributed by atoms with van der Waals surface area (Å²) in [5.74, 6) is 1.75. The smallest absolute Gasteiger partial charge is 0.228 e. The molecule has 26 heavy (non-hydrogen) atoms. The number of ether oxygens (including phenoxy) is 1. The first-order valence-corrected chi connectivity index (χ1v) is 8.55. The number of nitrogens with zero attached hydrogens (tertiary/aromatic N) is 2. The Morgan fingerprint density at radius 1 is 1.15 bits per heavy atom. The number of aromatic nitrogens is 2. The highest BCUT2D eigenvalue weighted by Gasteiger charge is 2.09. The van der Waals surface area contributed by atoms with Gasteiger partial charge in [-0.25, -0.2) is 0 Å². The number of para-hydroxylation sites is 1. The fourth-order valence-electron chi connectivity index (χ4n) is 2.43. The molecule has 3 aromatic rings. The molecule has 0 unspecified atom stereocenters. The number of carbonyl (C=O) groups is 1. The van der Waals surface area contributed by atoms with Crippen molar-refractivity contribution in [2.24, 2.45) is 0 Å². The zero-order valence-electron chi connectivity index (χ0n) is 14.6. The Balaban J connectivity index is 1.39. The van der Waals surface area contributed by atoms with Crippen molar-refractivity contribution >= 4 is 5.91 Å². The first-order chi connectivity index (χ1) is 12.7. The average Bonchev–Trinajstić information content (AvgIpc) is 3.12. The van der Waals surface area contributed by atoms with Crippen LogP contribution in [0.5, 0.6) is 5.75 Å². The predicted octanol–water partition coefficient (Wildman–Crippen LogP) is 3.17. The number of amides is 1. The molecule has 0 bridgehead atoms. The van der Waals surface area contributed by atoms with Gasteiger partial charge in [-0.05, 0) is 25.1 Å². The maximum atomic E-state index is 11.8. The van der Waals surface area contributed by atoms with Crippen molar-refractivity contribution in [3.05, 3.63) is 66.1 Å². The minimum absolute atomic E-state index is 0.0700. The second-order valence-electron chi connectivity index (χ2n) is 5.89. The van der Waals surface area contributed by atoms with Crippen LogP contribution in [0.25, 0.3) is 11.4 Å². The van der Waals surface area contributed by atoms with Gasteiger partial charge in [0, 0.05) is 18.5 Å². The van der Waals surface area contributed by atoms with Crippen molar-refractivity contribution in [3.8, 4) is 17.1 Å². The molecular formula is C20H21N3O3. The summed E-state index contributed by atoms with van der Waals surface area (Å²) < 4.78 is 10.7. The van der Waals surface area contributed by atoms with E-state index in [0.717, 1.165) is 16.9 Å². The average molecular weight is 351 g/mol. The van der Waals surface area contributed by atoms with Gasteiger partial charge < -0.3 is 14.6 Å². The maximum Gasteiger partial charge on any atom is 0.228 e. The molecule has 0 fully saturated rings. The normalized spacial score (nSPS) is 10.5. The lowest BCUT2D eigenvalue weighted by Crippen LogP contribution is -2.27. The molecule has 0 radical (unpaired) electrons. The predicted molar refractivity (Wildman–Crippen MR) is 97.7 cm³/mol. The summed E-state index contributed by atoms with van der Waals surface area (Å²) in [5.41, 5.74) is 2.06. The summed E-state index contributed by atoms with van der Waals surface area (Å²) in [6.45, 7) is 2.80. The zero-order valence-corrected chi connectivity index (χ0v) is 14.6. The van der Waals surface area contributed by atoms with Crippen molar-refractivity contribution in [1.82, 2.24) is 15.5 Å². The van der Waals surface area contributed by atoms with E-state index in [-0.39, 0.29) is 5.91 Å². The molecule has 0 aliphatic heterocycles. The zero-order chi connectivity index (χ0) is 18.2. The Kier molecular flexibility index (Phi) is 5.98. The number of rotatable bonds is 8. The van der Waals surface area contributed by atoms with Crippen LogP contribution in [0.4, 0.5) is 0 Å². The first kappa shape index (κ1) is 17.7. The Hall–Kier alpha value is -3.15. The topological polar surface area (TPSA) is 77.2 Å².